The van der Waals surface area contributed by atoms with E-state index in [9.17, 15) is 9.59 Å². The number of ketones is 1. The monoisotopic (exact) mass is 512 g/mol. The van der Waals surface area contributed by atoms with Crippen molar-refractivity contribution in [3.63, 3.8) is 0 Å². The summed E-state index contributed by atoms with van der Waals surface area (Å²) < 4.78 is 12.7. The van der Waals surface area contributed by atoms with Crippen molar-refractivity contribution < 1.29 is 24.2 Å². The molecule has 2 aromatic heterocycles. The van der Waals surface area contributed by atoms with Crippen LogP contribution in [-0.4, -0.2) is 39.6 Å². The molecular formula is C26H22Cl2N2O5. The molecule has 0 aliphatic carbocycles. The Morgan fingerprint density at radius 1 is 1.09 bits per heavy atom. The number of carbonyl (C=O) groups excluding carboxylic acids is 1. The van der Waals surface area contributed by atoms with Gasteiger partial charge in [-0.2, -0.15) is 4.98 Å². The molecule has 0 amide bonds. The van der Waals surface area contributed by atoms with Crippen molar-refractivity contribution in [1.29, 1.82) is 0 Å². The summed E-state index contributed by atoms with van der Waals surface area (Å²) in [5.41, 5.74) is 2.95. The molecule has 180 valence electrons. The molecule has 1 N–H and O–H groups in total. The normalized spacial score (nSPS) is 11.9. The number of rotatable bonds is 8. The van der Waals surface area contributed by atoms with Crippen molar-refractivity contribution in [2.45, 2.75) is 26.5 Å². The second-order valence-corrected chi connectivity index (χ2v) is 8.80. The third-order valence-electron chi connectivity index (χ3n) is 5.69. The van der Waals surface area contributed by atoms with Gasteiger partial charge in [0.1, 0.15) is 11.4 Å². The molecule has 0 unspecified atom stereocenters. The molecule has 4 rings (SSSR count). The van der Waals surface area contributed by atoms with E-state index in [0.717, 1.165) is 0 Å². The molecule has 0 saturated carbocycles. The number of hydrogen-bond acceptors (Lipinski definition) is 5. The molecule has 0 fully saturated rings. The molecule has 9 heteroatoms. The van der Waals surface area contributed by atoms with E-state index in [2.05, 4.69) is 4.98 Å². The Hall–Kier alpha value is -3.55. The number of benzene rings is 2. The topological polar surface area (TPSA) is 90.7 Å². The van der Waals surface area contributed by atoms with Gasteiger partial charge in [0.25, 0.3) is 0 Å². The molecule has 35 heavy (non-hydrogen) atoms. The number of halogens is 2. The molecule has 0 bridgehead atoms. The summed E-state index contributed by atoms with van der Waals surface area (Å²) >= 11 is 12.5. The number of aliphatic carboxylic acids is 1. The first-order chi connectivity index (χ1) is 16.7. The van der Waals surface area contributed by atoms with Crippen molar-refractivity contribution in [1.82, 2.24) is 9.55 Å². The van der Waals surface area contributed by atoms with E-state index in [1.807, 2.05) is 17.6 Å². The fourth-order valence-corrected chi connectivity index (χ4v) is 4.13. The third kappa shape index (κ3) is 4.97. The van der Waals surface area contributed by atoms with Gasteiger partial charge in [-0.05, 0) is 67.9 Å². The average molecular weight is 513 g/mol. The molecule has 4 aromatic rings. The summed E-state index contributed by atoms with van der Waals surface area (Å²) in [5, 5.41) is 10.8. The van der Waals surface area contributed by atoms with Crippen LogP contribution in [0, 0.1) is 6.92 Å². The largest absolute Gasteiger partial charge is 0.481 e. The Morgan fingerprint density at radius 3 is 2.46 bits per heavy atom. The number of fused-ring (bicyclic) bond motifs is 1. The maximum absolute atomic E-state index is 13.5. The lowest BCUT2D eigenvalue weighted by atomic mass is 10.0. The van der Waals surface area contributed by atoms with Gasteiger partial charge in [-0.1, -0.05) is 23.2 Å². The zero-order chi connectivity index (χ0) is 25.3. The summed E-state index contributed by atoms with van der Waals surface area (Å²) in [6.07, 6.45) is -1.02. The van der Waals surface area contributed by atoms with Gasteiger partial charge in [-0.3, -0.25) is 4.79 Å². The fourth-order valence-electron chi connectivity index (χ4n) is 3.83. The van der Waals surface area contributed by atoms with Crippen LogP contribution in [0.15, 0.2) is 54.6 Å². The van der Waals surface area contributed by atoms with E-state index >= 15 is 0 Å². The van der Waals surface area contributed by atoms with Crippen molar-refractivity contribution >= 4 is 46.0 Å². The molecule has 2 aromatic carbocycles. The predicted molar refractivity (Wildman–Crippen MR) is 134 cm³/mol. The van der Waals surface area contributed by atoms with Gasteiger partial charge in [-0.15, -0.1) is 0 Å². The lowest BCUT2D eigenvalue weighted by molar-refractivity contribution is -0.144. The van der Waals surface area contributed by atoms with Gasteiger partial charge in [0.2, 0.25) is 5.88 Å². The first-order valence-corrected chi connectivity index (χ1v) is 11.5. The number of hydrogen-bond donors (Lipinski definition) is 1. The molecule has 0 aliphatic heterocycles. The van der Waals surface area contributed by atoms with E-state index < -0.39 is 12.1 Å². The van der Waals surface area contributed by atoms with Crippen molar-refractivity contribution in [3.8, 4) is 11.6 Å². The summed E-state index contributed by atoms with van der Waals surface area (Å²) in [5.74, 6) is -0.458. The second kappa shape index (κ2) is 9.98. The number of carboxylic acids is 1. The second-order valence-electron chi connectivity index (χ2n) is 7.96. The number of pyridine rings is 1. The predicted octanol–water partition coefficient (Wildman–Crippen LogP) is 5.79. The third-order valence-corrected chi connectivity index (χ3v) is 6.31. The van der Waals surface area contributed by atoms with Crippen molar-refractivity contribution in [2.75, 3.05) is 7.11 Å². The van der Waals surface area contributed by atoms with Gasteiger partial charge in [0.15, 0.2) is 11.9 Å². The Balaban J connectivity index is 1.82. The maximum Gasteiger partial charge on any atom is 0.344 e. The molecule has 0 spiro atoms. The summed E-state index contributed by atoms with van der Waals surface area (Å²) in [6, 6.07) is 15.2. The lowest BCUT2D eigenvalue weighted by Gasteiger charge is -2.14. The minimum Gasteiger partial charge on any atom is -0.481 e. The van der Waals surface area contributed by atoms with Crippen molar-refractivity contribution in [3.05, 3.63) is 87.0 Å². The molecular weight excluding hydrogens is 491 g/mol. The van der Waals surface area contributed by atoms with Gasteiger partial charge in [0, 0.05) is 32.8 Å². The highest BCUT2D eigenvalue weighted by Gasteiger charge is 2.23. The van der Waals surface area contributed by atoms with E-state index in [1.54, 1.807) is 48.5 Å². The van der Waals surface area contributed by atoms with Gasteiger partial charge < -0.3 is 19.1 Å². The van der Waals surface area contributed by atoms with E-state index in [0.29, 0.717) is 55.1 Å². The first kappa shape index (κ1) is 24.6. The standard InChI is InChI=1S/C26H22Cl2N2O5/c1-14-23(24(31)16-4-6-18(27)7-5-16)20-9-11-22(34-3)29-25(20)30(14)13-17-12-19(8-10-21(17)28)35-15(2)26(32)33/h4-12,15H,13H2,1-3H3,(H,32,33)/t15-/m1/s1. The minimum atomic E-state index is -1.07. The van der Waals surface area contributed by atoms with E-state index in [-0.39, 0.29) is 12.3 Å². The Morgan fingerprint density at radius 2 is 1.80 bits per heavy atom. The molecule has 1 atom stereocenters. The summed E-state index contributed by atoms with van der Waals surface area (Å²) in [7, 11) is 1.52. The van der Waals surface area contributed by atoms with Crippen LogP contribution in [0.5, 0.6) is 11.6 Å². The SMILES string of the molecule is COc1ccc2c(C(=O)c3ccc(Cl)cc3)c(C)n(Cc3cc(O[C@H](C)C(=O)O)ccc3Cl)c2n1. The van der Waals surface area contributed by atoms with Crippen LogP contribution in [0.3, 0.4) is 0 Å². The highest BCUT2D eigenvalue weighted by atomic mass is 35.5. The van der Waals surface area contributed by atoms with Crippen LogP contribution in [0.1, 0.15) is 34.1 Å². The van der Waals surface area contributed by atoms with Gasteiger partial charge in [-0.25, -0.2) is 4.79 Å². The van der Waals surface area contributed by atoms with Crippen LogP contribution < -0.4 is 9.47 Å². The Kier molecular flexibility index (Phi) is 7.00. The van der Waals surface area contributed by atoms with Gasteiger partial charge in [0.05, 0.1) is 19.2 Å². The van der Waals surface area contributed by atoms with Crippen LogP contribution in [0.4, 0.5) is 0 Å². The number of aromatic nitrogens is 2. The number of methoxy groups -OCH3 is 1. The highest BCUT2D eigenvalue weighted by Crippen LogP contribution is 2.32. The fraction of sp³-hybridized carbons (Fsp3) is 0.192. The lowest BCUT2D eigenvalue weighted by Crippen LogP contribution is -2.22. The zero-order valence-corrected chi connectivity index (χ0v) is 20.7. The van der Waals surface area contributed by atoms with Crippen molar-refractivity contribution in [2.24, 2.45) is 0 Å². The average Bonchev–Trinajstić information content (AvgIpc) is 3.11. The summed E-state index contributed by atoms with van der Waals surface area (Å²) in [6.45, 7) is 3.57. The molecule has 2 heterocycles. The maximum atomic E-state index is 13.5. The van der Waals surface area contributed by atoms with Gasteiger partial charge >= 0.3 is 5.97 Å². The number of ether oxygens (including phenoxy) is 2. The number of carbonyl (C=O) groups is 2. The molecule has 0 radical (unpaired) electrons. The van der Waals surface area contributed by atoms with Crippen LogP contribution in [0.2, 0.25) is 10.0 Å². The quantitative estimate of drug-likeness (QED) is 0.300. The molecule has 0 aliphatic rings. The zero-order valence-electron chi connectivity index (χ0n) is 19.2. The molecule has 7 nitrogen and oxygen atoms in total. The Bertz CT molecular complexity index is 1430. The van der Waals surface area contributed by atoms with Crippen LogP contribution in [-0.2, 0) is 11.3 Å². The van der Waals surface area contributed by atoms with Crippen LogP contribution >= 0.6 is 23.2 Å². The first-order valence-electron chi connectivity index (χ1n) is 10.7. The summed E-state index contributed by atoms with van der Waals surface area (Å²) in [4.78, 5) is 29.3. The van der Waals surface area contributed by atoms with E-state index in [1.165, 1.54) is 14.0 Å². The number of nitrogens with zero attached hydrogens (tertiary/aromatic N) is 2. The van der Waals surface area contributed by atoms with E-state index in [4.69, 9.17) is 37.8 Å². The molecule has 0 saturated heterocycles. The van der Waals surface area contributed by atoms with Crippen LogP contribution in [0.25, 0.3) is 11.0 Å². The highest BCUT2D eigenvalue weighted by molar-refractivity contribution is 6.31. The minimum absolute atomic E-state index is 0.159. The number of carboxylic acid groups (broad SMARTS) is 1. The smallest absolute Gasteiger partial charge is 0.344 e. The Labute approximate surface area is 211 Å².